The average molecular weight is 327 g/mol. The zero-order valence-corrected chi connectivity index (χ0v) is 13.5. The topological polar surface area (TPSA) is 47.9 Å². The molecule has 0 amide bonds. The molecule has 0 aromatic heterocycles. The molecule has 23 heavy (non-hydrogen) atoms. The Morgan fingerprint density at radius 3 is 2.48 bits per heavy atom. The van der Waals surface area contributed by atoms with Crippen molar-refractivity contribution in [1.29, 1.82) is 0 Å². The molecule has 118 valence electrons. The molecule has 4 nitrogen and oxygen atoms in total. The first kappa shape index (κ1) is 15.8. The summed E-state index contributed by atoms with van der Waals surface area (Å²) in [6.07, 6.45) is 0. The van der Waals surface area contributed by atoms with E-state index in [1.54, 1.807) is 0 Å². The van der Waals surface area contributed by atoms with Crippen molar-refractivity contribution in [1.82, 2.24) is 0 Å². The molecular weight excluding hydrogens is 310 g/mol. The summed E-state index contributed by atoms with van der Waals surface area (Å²) in [6, 6.07) is 19.5. The number of benzene rings is 2. The van der Waals surface area contributed by atoms with Gasteiger partial charge in [-0.25, -0.2) is 0 Å². The molecule has 0 bridgehead atoms. The van der Waals surface area contributed by atoms with Crippen LogP contribution in [0.1, 0.15) is 11.5 Å². The maximum atomic E-state index is 12.8. The Kier molecular flexibility index (Phi) is 5.10. The third-order valence-electron chi connectivity index (χ3n) is 3.60. The van der Waals surface area contributed by atoms with E-state index in [0.29, 0.717) is 12.3 Å². The Balaban J connectivity index is 1.77. The highest BCUT2D eigenvalue weighted by Crippen LogP contribution is 2.29. The van der Waals surface area contributed by atoms with Gasteiger partial charge in [0.1, 0.15) is 12.3 Å². The molecule has 2 unspecified atom stereocenters. The van der Waals surface area contributed by atoms with Crippen molar-refractivity contribution in [2.75, 3.05) is 13.7 Å². The number of ether oxygens (including phenoxy) is 1. The largest absolute Gasteiger partial charge is 0.394 e. The second-order valence-corrected chi connectivity index (χ2v) is 6.23. The molecule has 5 heteroatoms. The van der Waals surface area contributed by atoms with E-state index in [9.17, 15) is 4.79 Å². The Morgan fingerprint density at radius 2 is 1.83 bits per heavy atom. The summed E-state index contributed by atoms with van der Waals surface area (Å²) in [5, 5.41) is 3.98. The van der Waals surface area contributed by atoms with E-state index in [1.807, 2.05) is 60.7 Å². The number of hydrogen-bond donors (Lipinski definition) is 0. The first-order valence-electron chi connectivity index (χ1n) is 7.33. The summed E-state index contributed by atoms with van der Waals surface area (Å²) in [7, 11) is 1.53. The number of oxime groups is 1. The Morgan fingerprint density at radius 1 is 1.17 bits per heavy atom. The zero-order chi connectivity index (χ0) is 16.1. The third kappa shape index (κ3) is 3.63. The van der Waals surface area contributed by atoms with Gasteiger partial charge in [0.2, 0.25) is 5.78 Å². The summed E-state index contributed by atoms with van der Waals surface area (Å²) in [6.45, 7) is 0.386. The zero-order valence-electron chi connectivity index (χ0n) is 12.7. The monoisotopic (exact) mass is 327 g/mol. The highest BCUT2D eigenvalue weighted by molar-refractivity contribution is 8.00. The molecule has 0 radical (unpaired) electrons. The van der Waals surface area contributed by atoms with Gasteiger partial charge in [-0.05, 0) is 17.7 Å². The van der Waals surface area contributed by atoms with Crippen LogP contribution in [0, 0.1) is 0 Å². The predicted molar refractivity (Wildman–Crippen MR) is 90.7 cm³/mol. The number of carbonyl (C=O) groups excluding carboxylic acids is 1. The van der Waals surface area contributed by atoms with Crippen molar-refractivity contribution in [3.63, 3.8) is 0 Å². The van der Waals surface area contributed by atoms with Crippen LogP contribution in [-0.2, 0) is 14.4 Å². The molecular formula is C18H17NO3S. The lowest BCUT2D eigenvalue weighted by Crippen LogP contribution is -2.30. The minimum absolute atomic E-state index is 0.141. The van der Waals surface area contributed by atoms with Crippen molar-refractivity contribution in [3.05, 3.63) is 66.2 Å². The molecule has 0 N–H and O–H groups in total. The number of nitrogens with zero attached hydrogens (tertiary/aromatic N) is 1. The third-order valence-corrected chi connectivity index (χ3v) is 4.77. The second-order valence-electron chi connectivity index (χ2n) is 5.10. The standard InChI is InChI=1S/C18H17NO3S/c1-21-18(23-14-10-6-3-7-11-14)17(20)16-15(12-22-19-16)13-8-4-2-5-9-13/h2-11,15,18H,12H2,1H3. The first-order valence-corrected chi connectivity index (χ1v) is 8.21. The number of methoxy groups -OCH3 is 1. The minimum atomic E-state index is -0.635. The number of ketones is 1. The van der Waals surface area contributed by atoms with E-state index in [0.717, 1.165) is 10.5 Å². The molecule has 1 heterocycles. The Labute approximate surface area is 139 Å². The van der Waals surface area contributed by atoms with Crippen LogP contribution in [0.2, 0.25) is 0 Å². The molecule has 0 spiro atoms. The van der Waals surface area contributed by atoms with Gasteiger partial charge >= 0.3 is 0 Å². The molecule has 1 aliphatic heterocycles. The van der Waals surface area contributed by atoms with Crippen LogP contribution < -0.4 is 0 Å². The van der Waals surface area contributed by atoms with Gasteiger partial charge in [0.25, 0.3) is 0 Å². The molecule has 0 aliphatic carbocycles. The number of rotatable bonds is 6. The summed E-state index contributed by atoms with van der Waals surface area (Å²) < 4.78 is 5.39. The van der Waals surface area contributed by atoms with Crippen molar-refractivity contribution in [2.24, 2.45) is 5.16 Å². The lowest BCUT2D eigenvalue weighted by Gasteiger charge is -2.16. The molecule has 3 rings (SSSR count). The maximum absolute atomic E-state index is 12.8. The lowest BCUT2D eigenvalue weighted by atomic mass is 9.93. The number of Topliss-reactive ketones (excluding diaryl/α,β-unsaturated/α-hetero) is 1. The SMILES string of the molecule is COC(Sc1ccccc1)C(=O)C1=NOCC1c1ccccc1. The second kappa shape index (κ2) is 7.44. The molecule has 2 atom stereocenters. The fraction of sp³-hybridized carbons (Fsp3) is 0.222. The fourth-order valence-electron chi connectivity index (χ4n) is 2.43. The quantitative estimate of drug-likeness (QED) is 0.602. The van der Waals surface area contributed by atoms with Crippen LogP contribution in [0.15, 0.2) is 70.7 Å². The predicted octanol–water partition coefficient (Wildman–Crippen LogP) is 3.49. The van der Waals surface area contributed by atoms with Gasteiger partial charge in [0.15, 0.2) is 5.44 Å². The molecule has 0 saturated heterocycles. The Bertz CT molecular complexity index is 688. The summed E-state index contributed by atoms with van der Waals surface area (Å²) in [5.74, 6) is -0.287. The van der Waals surface area contributed by atoms with E-state index in [1.165, 1.54) is 18.9 Å². The normalized spacial score (nSPS) is 18.1. The van der Waals surface area contributed by atoms with Crippen LogP contribution in [0.5, 0.6) is 0 Å². The van der Waals surface area contributed by atoms with Gasteiger partial charge in [-0.2, -0.15) is 0 Å². The van der Waals surface area contributed by atoms with Crippen LogP contribution in [0.25, 0.3) is 0 Å². The lowest BCUT2D eigenvalue weighted by molar-refractivity contribution is -0.118. The van der Waals surface area contributed by atoms with Gasteiger partial charge in [-0.1, -0.05) is 65.4 Å². The van der Waals surface area contributed by atoms with E-state index in [4.69, 9.17) is 9.57 Å². The van der Waals surface area contributed by atoms with E-state index in [-0.39, 0.29) is 11.7 Å². The smallest absolute Gasteiger partial charge is 0.220 e. The molecule has 1 aliphatic rings. The van der Waals surface area contributed by atoms with Crippen LogP contribution in [0.4, 0.5) is 0 Å². The molecule has 0 saturated carbocycles. The van der Waals surface area contributed by atoms with Crippen molar-refractivity contribution >= 4 is 23.3 Å². The van der Waals surface area contributed by atoms with Gasteiger partial charge in [0, 0.05) is 12.0 Å². The van der Waals surface area contributed by atoms with Gasteiger partial charge in [-0.3, -0.25) is 4.79 Å². The van der Waals surface area contributed by atoms with E-state index >= 15 is 0 Å². The highest BCUT2D eigenvalue weighted by atomic mass is 32.2. The molecule has 2 aromatic carbocycles. The number of carbonyl (C=O) groups is 1. The van der Waals surface area contributed by atoms with Gasteiger partial charge in [-0.15, -0.1) is 0 Å². The first-order chi connectivity index (χ1) is 11.3. The van der Waals surface area contributed by atoms with Gasteiger partial charge in [0.05, 0.1) is 5.92 Å². The average Bonchev–Trinajstić information content (AvgIpc) is 3.10. The number of thioether (sulfide) groups is 1. The van der Waals surface area contributed by atoms with E-state index < -0.39 is 5.44 Å². The molecule has 2 aromatic rings. The summed E-state index contributed by atoms with van der Waals surface area (Å²) in [4.78, 5) is 19.0. The maximum Gasteiger partial charge on any atom is 0.220 e. The number of hydrogen-bond acceptors (Lipinski definition) is 5. The minimum Gasteiger partial charge on any atom is -0.394 e. The summed E-state index contributed by atoms with van der Waals surface area (Å²) in [5.41, 5.74) is 0.812. The van der Waals surface area contributed by atoms with Crippen molar-refractivity contribution in [3.8, 4) is 0 Å². The van der Waals surface area contributed by atoms with E-state index in [2.05, 4.69) is 5.16 Å². The Hall–Kier alpha value is -2.11. The van der Waals surface area contributed by atoms with Crippen molar-refractivity contribution in [2.45, 2.75) is 16.2 Å². The fourth-order valence-corrected chi connectivity index (χ4v) is 3.32. The van der Waals surface area contributed by atoms with Crippen LogP contribution in [-0.4, -0.2) is 30.6 Å². The molecule has 0 fully saturated rings. The van der Waals surface area contributed by atoms with Crippen LogP contribution in [0.3, 0.4) is 0 Å². The van der Waals surface area contributed by atoms with Crippen molar-refractivity contribution < 1.29 is 14.4 Å². The highest BCUT2D eigenvalue weighted by Gasteiger charge is 2.35. The van der Waals surface area contributed by atoms with Gasteiger partial charge < -0.3 is 9.57 Å². The summed E-state index contributed by atoms with van der Waals surface area (Å²) >= 11 is 1.37. The van der Waals surface area contributed by atoms with Crippen LogP contribution >= 0.6 is 11.8 Å².